The minimum Gasteiger partial charge on any atom is -0.486 e. The van der Waals surface area contributed by atoms with Gasteiger partial charge in [-0.15, -0.1) is 0 Å². The molecule has 4 rings (SSSR count). The summed E-state index contributed by atoms with van der Waals surface area (Å²) in [5, 5.41) is 2.90. The average molecular weight is 580 g/mol. The lowest BCUT2D eigenvalue weighted by Gasteiger charge is -2.32. The topological polar surface area (TPSA) is 105 Å². The van der Waals surface area contributed by atoms with Gasteiger partial charge in [0.15, 0.2) is 11.5 Å². The van der Waals surface area contributed by atoms with E-state index in [9.17, 15) is 18.0 Å². The van der Waals surface area contributed by atoms with Gasteiger partial charge in [0.05, 0.1) is 10.6 Å². The van der Waals surface area contributed by atoms with E-state index in [0.29, 0.717) is 31.3 Å². The number of carbonyl (C=O) groups excluding carboxylic acids is 2. The van der Waals surface area contributed by atoms with E-state index in [2.05, 4.69) is 5.32 Å². The molecule has 1 aliphatic heterocycles. The zero-order valence-electron chi connectivity index (χ0n) is 23.9. The number of fused-ring (bicyclic) bond motifs is 1. The fraction of sp³-hybridized carbons (Fsp3) is 0.355. The zero-order chi connectivity index (χ0) is 29.6. The van der Waals surface area contributed by atoms with Gasteiger partial charge < -0.3 is 19.7 Å². The lowest BCUT2D eigenvalue weighted by atomic mass is 10.1. The number of rotatable bonds is 11. The van der Waals surface area contributed by atoms with Crippen molar-refractivity contribution in [2.75, 3.05) is 30.6 Å². The van der Waals surface area contributed by atoms with E-state index in [4.69, 9.17) is 9.47 Å². The Balaban J connectivity index is 1.72. The number of carbonyl (C=O) groups is 2. The van der Waals surface area contributed by atoms with E-state index in [-0.39, 0.29) is 29.0 Å². The molecule has 0 bridgehead atoms. The van der Waals surface area contributed by atoms with Crippen LogP contribution in [0.25, 0.3) is 0 Å². The van der Waals surface area contributed by atoms with Crippen LogP contribution >= 0.6 is 0 Å². The summed E-state index contributed by atoms with van der Waals surface area (Å²) in [6.07, 6.45) is 0. The van der Waals surface area contributed by atoms with Gasteiger partial charge in [0.25, 0.3) is 10.0 Å². The number of sulfonamides is 1. The molecule has 0 spiro atoms. The van der Waals surface area contributed by atoms with Gasteiger partial charge in [0.1, 0.15) is 25.8 Å². The Bertz CT molecular complexity index is 1480. The molecular formula is C31H37N3O6S. The molecule has 0 aliphatic carbocycles. The third-order valence-corrected chi connectivity index (χ3v) is 8.67. The van der Waals surface area contributed by atoms with E-state index < -0.39 is 28.5 Å². The van der Waals surface area contributed by atoms with Gasteiger partial charge in [-0.2, -0.15) is 0 Å². The second-order valence-electron chi connectivity index (χ2n) is 10.4. The highest BCUT2D eigenvalue weighted by Gasteiger charge is 2.33. The van der Waals surface area contributed by atoms with Gasteiger partial charge in [-0.25, -0.2) is 8.42 Å². The second kappa shape index (κ2) is 13.1. The molecule has 0 aromatic heterocycles. The molecule has 0 radical (unpaired) electrons. The molecule has 0 fully saturated rings. The predicted octanol–water partition coefficient (Wildman–Crippen LogP) is 4.15. The highest BCUT2D eigenvalue weighted by Crippen LogP contribution is 2.36. The van der Waals surface area contributed by atoms with Crippen LogP contribution in [0.5, 0.6) is 11.5 Å². The summed E-state index contributed by atoms with van der Waals surface area (Å²) >= 11 is 0. The molecule has 3 aromatic carbocycles. The average Bonchev–Trinajstić information content (AvgIpc) is 2.97. The van der Waals surface area contributed by atoms with Crippen molar-refractivity contribution in [2.45, 2.75) is 45.2 Å². The lowest BCUT2D eigenvalue weighted by Crippen LogP contribution is -2.51. The smallest absolute Gasteiger partial charge is 0.264 e. The molecule has 2 amide bonds. The van der Waals surface area contributed by atoms with Crippen molar-refractivity contribution in [2.24, 2.45) is 5.92 Å². The van der Waals surface area contributed by atoms with Crippen LogP contribution < -0.4 is 19.1 Å². The van der Waals surface area contributed by atoms with Crippen LogP contribution in [0.15, 0.2) is 77.7 Å². The van der Waals surface area contributed by atoms with Crippen LogP contribution in [0, 0.1) is 12.8 Å². The summed E-state index contributed by atoms with van der Waals surface area (Å²) < 4.78 is 40.3. The SMILES string of the molecule is Cc1ccccc1CN(C(=O)CN(c1ccc2c(c1)OCCO2)S(=O)(=O)c1ccccc1)C(C)C(=O)NCC(C)C. The highest BCUT2D eigenvalue weighted by atomic mass is 32.2. The van der Waals surface area contributed by atoms with Crippen LogP contribution in [0.2, 0.25) is 0 Å². The van der Waals surface area contributed by atoms with Crippen molar-refractivity contribution in [3.8, 4) is 11.5 Å². The molecule has 1 atom stereocenters. The second-order valence-corrected chi connectivity index (χ2v) is 12.3. The number of nitrogens with zero attached hydrogens (tertiary/aromatic N) is 2. The first-order valence-electron chi connectivity index (χ1n) is 13.7. The first kappa shape index (κ1) is 29.9. The Labute approximate surface area is 242 Å². The fourth-order valence-electron chi connectivity index (χ4n) is 4.44. The van der Waals surface area contributed by atoms with Gasteiger partial charge in [0, 0.05) is 19.2 Å². The fourth-order valence-corrected chi connectivity index (χ4v) is 5.87. The first-order chi connectivity index (χ1) is 19.6. The monoisotopic (exact) mass is 579 g/mol. The largest absolute Gasteiger partial charge is 0.486 e. The molecule has 1 aliphatic rings. The Kier molecular flexibility index (Phi) is 9.54. The Morgan fingerprint density at radius 3 is 2.24 bits per heavy atom. The van der Waals surface area contributed by atoms with Gasteiger partial charge in [-0.1, -0.05) is 56.3 Å². The first-order valence-corrected chi connectivity index (χ1v) is 15.1. The van der Waals surface area contributed by atoms with Crippen LogP contribution in [0.3, 0.4) is 0 Å². The summed E-state index contributed by atoms with van der Waals surface area (Å²) in [4.78, 5) is 28.7. The van der Waals surface area contributed by atoms with E-state index >= 15 is 0 Å². The highest BCUT2D eigenvalue weighted by molar-refractivity contribution is 7.92. The Hall–Kier alpha value is -4.05. The molecule has 3 aromatic rings. The van der Waals surface area contributed by atoms with Crippen molar-refractivity contribution in [1.82, 2.24) is 10.2 Å². The minimum absolute atomic E-state index is 0.0378. The van der Waals surface area contributed by atoms with Crippen LogP contribution in [-0.2, 0) is 26.2 Å². The van der Waals surface area contributed by atoms with Crippen molar-refractivity contribution in [3.63, 3.8) is 0 Å². The summed E-state index contributed by atoms with van der Waals surface area (Å²) in [5.74, 6) is 0.299. The Morgan fingerprint density at radius 2 is 1.56 bits per heavy atom. The number of nitrogens with one attached hydrogen (secondary N) is 1. The lowest BCUT2D eigenvalue weighted by molar-refractivity contribution is -0.139. The van der Waals surface area contributed by atoms with E-state index in [1.54, 1.807) is 43.3 Å². The Morgan fingerprint density at radius 1 is 0.902 bits per heavy atom. The number of anilines is 1. The minimum atomic E-state index is -4.17. The summed E-state index contributed by atoms with van der Waals surface area (Å²) in [6, 6.07) is 19.5. The normalized spacial score (nSPS) is 13.4. The third kappa shape index (κ3) is 7.18. The molecule has 1 N–H and O–H groups in total. The number of amides is 2. The maximum Gasteiger partial charge on any atom is 0.264 e. The van der Waals surface area contributed by atoms with Crippen molar-refractivity contribution in [1.29, 1.82) is 0 Å². The number of aryl methyl sites for hydroxylation is 1. The maximum atomic E-state index is 14.1. The molecule has 9 nitrogen and oxygen atoms in total. The van der Waals surface area contributed by atoms with Crippen LogP contribution in [-0.4, -0.2) is 57.5 Å². The molecule has 1 heterocycles. The molecule has 0 saturated heterocycles. The summed E-state index contributed by atoms with van der Waals surface area (Å²) in [7, 11) is -4.17. The van der Waals surface area contributed by atoms with E-state index in [1.165, 1.54) is 17.0 Å². The van der Waals surface area contributed by atoms with Gasteiger partial charge >= 0.3 is 0 Å². The standard InChI is InChI=1S/C31H37N3O6S/c1-22(2)19-32-31(36)24(4)33(20-25-11-9-8-10-23(25)3)30(35)21-34(41(37,38)27-12-6-5-7-13-27)26-14-15-28-29(18-26)40-17-16-39-28/h5-15,18,22,24H,16-17,19-21H2,1-4H3,(H,32,36). The summed E-state index contributed by atoms with van der Waals surface area (Å²) in [5.41, 5.74) is 2.07. The van der Waals surface area contributed by atoms with Crippen LogP contribution in [0.4, 0.5) is 5.69 Å². The maximum absolute atomic E-state index is 14.1. The molecule has 10 heteroatoms. The molecule has 41 heavy (non-hydrogen) atoms. The van der Waals surface area contributed by atoms with E-state index in [1.807, 2.05) is 45.0 Å². The number of hydrogen-bond acceptors (Lipinski definition) is 6. The van der Waals surface area contributed by atoms with Gasteiger partial charge in [0.2, 0.25) is 11.8 Å². The van der Waals surface area contributed by atoms with Crippen molar-refractivity contribution >= 4 is 27.5 Å². The predicted molar refractivity (Wildman–Crippen MR) is 157 cm³/mol. The quantitative estimate of drug-likeness (QED) is 0.366. The zero-order valence-corrected chi connectivity index (χ0v) is 24.7. The molecular weight excluding hydrogens is 542 g/mol. The van der Waals surface area contributed by atoms with Crippen molar-refractivity contribution in [3.05, 3.63) is 83.9 Å². The van der Waals surface area contributed by atoms with E-state index in [0.717, 1.165) is 15.4 Å². The number of hydrogen-bond donors (Lipinski definition) is 1. The van der Waals surface area contributed by atoms with Crippen LogP contribution in [0.1, 0.15) is 31.9 Å². The summed E-state index contributed by atoms with van der Waals surface area (Å²) in [6.45, 7) is 8.36. The van der Waals surface area contributed by atoms with Gasteiger partial charge in [-0.3, -0.25) is 13.9 Å². The molecule has 218 valence electrons. The molecule has 1 unspecified atom stereocenters. The third-order valence-electron chi connectivity index (χ3n) is 6.88. The van der Waals surface area contributed by atoms with Crippen molar-refractivity contribution < 1.29 is 27.5 Å². The molecule has 0 saturated carbocycles. The van der Waals surface area contributed by atoms with Gasteiger partial charge in [-0.05, 0) is 55.2 Å². The number of benzene rings is 3. The number of ether oxygens (including phenoxy) is 2.